The Labute approximate surface area is 138 Å². The number of hydrogen-bond donors (Lipinski definition) is 0. The molecule has 2 aromatic rings. The molecule has 0 aliphatic rings. The maximum absolute atomic E-state index is 13.1. The van der Waals surface area contributed by atoms with E-state index >= 15 is 0 Å². The van der Waals surface area contributed by atoms with Crippen molar-refractivity contribution in [2.24, 2.45) is 0 Å². The second kappa shape index (κ2) is 7.79. The van der Waals surface area contributed by atoms with E-state index in [2.05, 4.69) is 0 Å². The van der Waals surface area contributed by atoms with E-state index in [1.54, 1.807) is 48.5 Å². The predicted molar refractivity (Wildman–Crippen MR) is 95.7 cm³/mol. The fourth-order valence-electron chi connectivity index (χ4n) is 2.21. The van der Waals surface area contributed by atoms with Crippen molar-refractivity contribution in [3.05, 3.63) is 84.6 Å². The van der Waals surface area contributed by atoms with Gasteiger partial charge in [-0.25, -0.2) is 12.7 Å². The van der Waals surface area contributed by atoms with Crippen LogP contribution in [0.25, 0.3) is 0 Å². The van der Waals surface area contributed by atoms with Gasteiger partial charge < -0.3 is 0 Å². The Hall–Kier alpha value is -2.33. The van der Waals surface area contributed by atoms with Crippen LogP contribution in [0.4, 0.5) is 5.69 Å². The molecule has 2 aromatic carbocycles. The molecule has 0 bridgehead atoms. The second-order valence-corrected chi connectivity index (χ2v) is 6.73. The van der Waals surface area contributed by atoms with E-state index in [0.29, 0.717) is 11.4 Å². The Bertz CT molecular complexity index is 779. The van der Waals surface area contributed by atoms with Crippen LogP contribution in [0.3, 0.4) is 0 Å². The van der Waals surface area contributed by atoms with Crippen molar-refractivity contribution in [3.63, 3.8) is 0 Å². The molecule has 0 unspecified atom stereocenters. The van der Waals surface area contributed by atoms with Crippen LogP contribution in [0.1, 0.15) is 20.3 Å². The highest BCUT2D eigenvalue weighted by Gasteiger charge is 2.26. The standard InChI is InChI=1S/C19H21NO2S/c1-3-5-12-17(4-2)20(18-13-8-6-9-14-18)23(21,22)19-15-10-7-11-16-19/h4-16H,3H2,1-2H3/b12-5-,17-4+. The molecule has 0 spiro atoms. The highest BCUT2D eigenvalue weighted by molar-refractivity contribution is 7.93. The Balaban J connectivity index is 2.61. The first-order valence-corrected chi connectivity index (χ1v) is 9.03. The topological polar surface area (TPSA) is 37.4 Å². The van der Waals surface area contributed by atoms with Crippen LogP contribution in [0.5, 0.6) is 0 Å². The Morgan fingerprint density at radius 2 is 1.57 bits per heavy atom. The summed E-state index contributed by atoms with van der Waals surface area (Å²) >= 11 is 0. The summed E-state index contributed by atoms with van der Waals surface area (Å²) in [7, 11) is -3.68. The van der Waals surface area contributed by atoms with E-state index in [-0.39, 0.29) is 4.90 Å². The number of para-hydroxylation sites is 1. The molecule has 0 amide bonds. The molecular weight excluding hydrogens is 306 g/mol. The fourth-order valence-corrected chi connectivity index (χ4v) is 3.76. The molecule has 0 saturated carbocycles. The zero-order valence-electron chi connectivity index (χ0n) is 13.4. The minimum Gasteiger partial charge on any atom is -0.235 e. The summed E-state index contributed by atoms with van der Waals surface area (Å²) < 4.78 is 27.7. The van der Waals surface area contributed by atoms with Gasteiger partial charge in [0.1, 0.15) is 0 Å². The minimum atomic E-state index is -3.68. The van der Waals surface area contributed by atoms with Crippen LogP contribution in [0.15, 0.2) is 89.5 Å². The molecule has 120 valence electrons. The van der Waals surface area contributed by atoms with Crippen LogP contribution in [0, 0.1) is 0 Å². The second-order valence-electron chi connectivity index (χ2n) is 4.94. The first kappa shape index (κ1) is 17.0. The smallest absolute Gasteiger partial charge is 0.235 e. The van der Waals surface area contributed by atoms with Crippen molar-refractivity contribution in [2.45, 2.75) is 25.2 Å². The summed E-state index contributed by atoms with van der Waals surface area (Å²) in [6, 6.07) is 17.6. The molecule has 0 heterocycles. The lowest BCUT2D eigenvalue weighted by Gasteiger charge is -2.25. The molecule has 0 atom stereocenters. The number of nitrogens with zero attached hydrogens (tertiary/aromatic N) is 1. The van der Waals surface area contributed by atoms with Crippen molar-refractivity contribution >= 4 is 15.7 Å². The van der Waals surface area contributed by atoms with E-state index in [1.165, 1.54) is 4.31 Å². The Morgan fingerprint density at radius 1 is 1.00 bits per heavy atom. The molecule has 23 heavy (non-hydrogen) atoms. The summed E-state index contributed by atoms with van der Waals surface area (Å²) in [6.07, 6.45) is 6.43. The predicted octanol–water partition coefficient (Wildman–Crippen LogP) is 4.75. The van der Waals surface area contributed by atoms with Gasteiger partial charge in [-0.15, -0.1) is 0 Å². The Kier molecular flexibility index (Phi) is 5.77. The summed E-state index contributed by atoms with van der Waals surface area (Å²) in [5.74, 6) is 0. The van der Waals surface area contributed by atoms with Crippen LogP contribution in [0.2, 0.25) is 0 Å². The fraction of sp³-hybridized carbons (Fsp3) is 0.158. The van der Waals surface area contributed by atoms with Crippen LogP contribution >= 0.6 is 0 Å². The molecule has 0 N–H and O–H groups in total. The lowest BCUT2D eigenvalue weighted by Crippen LogP contribution is -2.29. The maximum atomic E-state index is 13.1. The summed E-state index contributed by atoms with van der Waals surface area (Å²) in [6.45, 7) is 3.86. The lowest BCUT2D eigenvalue weighted by atomic mass is 10.2. The SMILES string of the molecule is C/C=C(\C=C/CC)N(c1ccccc1)S(=O)(=O)c1ccccc1. The maximum Gasteiger partial charge on any atom is 0.268 e. The highest BCUT2D eigenvalue weighted by Crippen LogP contribution is 2.28. The normalized spacial score (nSPS) is 12.5. The van der Waals surface area contributed by atoms with Crippen LogP contribution in [-0.4, -0.2) is 8.42 Å². The van der Waals surface area contributed by atoms with E-state index in [1.807, 2.05) is 44.2 Å². The molecule has 0 aliphatic heterocycles. The third-order valence-corrected chi connectivity index (χ3v) is 5.10. The van der Waals surface area contributed by atoms with Crippen molar-refractivity contribution in [2.75, 3.05) is 4.31 Å². The van der Waals surface area contributed by atoms with Gasteiger partial charge in [0.25, 0.3) is 10.0 Å². The highest BCUT2D eigenvalue weighted by atomic mass is 32.2. The molecule has 0 saturated heterocycles. The molecule has 0 aromatic heterocycles. The number of rotatable bonds is 6. The Morgan fingerprint density at radius 3 is 2.09 bits per heavy atom. The van der Waals surface area contributed by atoms with Gasteiger partial charge in [0.2, 0.25) is 0 Å². The number of sulfonamides is 1. The third kappa shape index (κ3) is 3.90. The monoisotopic (exact) mass is 327 g/mol. The number of anilines is 1. The van der Waals surface area contributed by atoms with Gasteiger partial charge in [0, 0.05) is 0 Å². The molecular formula is C19H21NO2S. The molecule has 3 nitrogen and oxygen atoms in total. The molecule has 0 fully saturated rings. The number of hydrogen-bond acceptors (Lipinski definition) is 2. The first-order valence-electron chi connectivity index (χ1n) is 7.59. The van der Waals surface area contributed by atoms with Crippen molar-refractivity contribution < 1.29 is 8.42 Å². The van der Waals surface area contributed by atoms with Gasteiger partial charge in [-0.05, 0) is 43.7 Å². The summed E-state index contributed by atoms with van der Waals surface area (Å²) in [5.41, 5.74) is 1.24. The van der Waals surface area contributed by atoms with Gasteiger partial charge in [-0.3, -0.25) is 0 Å². The molecule has 0 radical (unpaired) electrons. The van der Waals surface area contributed by atoms with Gasteiger partial charge in [-0.1, -0.05) is 55.5 Å². The third-order valence-electron chi connectivity index (χ3n) is 3.33. The van der Waals surface area contributed by atoms with Gasteiger partial charge in [0.15, 0.2) is 0 Å². The zero-order chi connectivity index (χ0) is 16.7. The van der Waals surface area contributed by atoms with E-state index in [4.69, 9.17) is 0 Å². The van der Waals surface area contributed by atoms with Crippen LogP contribution < -0.4 is 4.31 Å². The average Bonchev–Trinajstić information content (AvgIpc) is 2.60. The van der Waals surface area contributed by atoms with Crippen LogP contribution in [-0.2, 0) is 10.0 Å². The minimum absolute atomic E-state index is 0.271. The summed E-state index contributed by atoms with van der Waals surface area (Å²) in [5, 5.41) is 0. The average molecular weight is 327 g/mol. The van der Waals surface area contributed by atoms with Crippen molar-refractivity contribution in [1.29, 1.82) is 0 Å². The van der Waals surface area contributed by atoms with E-state index in [9.17, 15) is 8.42 Å². The zero-order valence-corrected chi connectivity index (χ0v) is 14.2. The van der Waals surface area contributed by atoms with Gasteiger partial charge >= 0.3 is 0 Å². The van der Waals surface area contributed by atoms with Gasteiger partial charge in [-0.2, -0.15) is 0 Å². The van der Waals surface area contributed by atoms with E-state index in [0.717, 1.165) is 6.42 Å². The lowest BCUT2D eigenvalue weighted by molar-refractivity contribution is 0.595. The quantitative estimate of drug-likeness (QED) is 0.718. The largest absolute Gasteiger partial charge is 0.268 e. The first-order chi connectivity index (χ1) is 11.1. The summed E-state index contributed by atoms with van der Waals surface area (Å²) in [4.78, 5) is 0.271. The van der Waals surface area contributed by atoms with Crippen molar-refractivity contribution in [1.82, 2.24) is 0 Å². The van der Waals surface area contributed by atoms with Crippen molar-refractivity contribution in [3.8, 4) is 0 Å². The molecule has 0 aliphatic carbocycles. The molecule has 4 heteroatoms. The number of benzene rings is 2. The molecule has 2 rings (SSSR count). The van der Waals surface area contributed by atoms with Gasteiger partial charge in [0.05, 0.1) is 16.3 Å². The van der Waals surface area contributed by atoms with E-state index < -0.39 is 10.0 Å². The number of allylic oxidation sites excluding steroid dienone is 3.